The Hall–Kier alpha value is -3.24. The third-order valence-electron chi connectivity index (χ3n) is 4.42. The number of benzene rings is 3. The minimum atomic E-state index is -0.403. The molecule has 3 aromatic rings. The molecular weight excluding hydrogens is 375 g/mol. The van der Waals surface area contributed by atoms with Crippen molar-refractivity contribution in [2.24, 2.45) is 4.99 Å². The minimum Gasteiger partial charge on any atom is -0.266 e. The van der Waals surface area contributed by atoms with Gasteiger partial charge in [-0.1, -0.05) is 41.9 Å². The standard InChI is InChI=1S/C23H16ClFN2O/c1-15-5-4-7-19(13-15)27-22(16-9-11-18(24)12-10-16)26-21(23(27)28)14-17-6-2-3-8-20(17)25/h2-14H,1H3/b21-14+. The molecule has 1 heterocycles. The van der Waals surface area contributed by atoms with Crippen LogP contribution < -0.4 is 4.90 Å². The summed E-state index contributed by atoms with van der Waals surface area (Å²) in [4.78, 5) is 19.3. The van der Waals surface area contributed by atoms with Crippen LogP contribution in [-0.4, -0.2) is 11.7 Å². The van der Waals surface area contributed by atoms with Crippen molar-refractivity contribution in [3.8, 4) is 0 Å². The van der Waals surface area contributed by atoms with Gasteiger partial charge in [-0.25, -0.2) is 9.38 Å². The maximum atomic E-state index is 14.1. The summed E-state index contributed by atoms with van der Waals surface area (Å²) in [7, 11) is 0. The lowest BCUT2D eigenvalue weighted by Crippen LogP contribution is -2.32. The Labute approximate surface area is 167 Å². The third-order valence-corrected chi connectivity index (χ3v) is 4.67. The Kier molecular flexibility index (Phi) is 4.80. The molecule has 3 aromatic carbocycles. The molecule has 1 aliphatic rings. The Balaban J connectivity index is 1.85. The number of anilines is 1. The molecule has 0 saturated carbocycles. The average Bonchev–Trinajstić information content (AvgIpc) is 3.00. The van der Waals surface area contributed by atoms with Gasteiger partial charge in [0.2, 0.25) is 0 Å². The topological polar surface area (TPSA) is 32.7 Å². The van der Waals surface area contributed by atoms with E-state index >= 15 is 0 Å². The molecule has 4 rings (SSSR count). The van der Waals surface area contributed by atoms with E-state index in [2.05, 4.69) is 4.99 Å². The van der Waals surface area contributed by atoms with Gasteiger partial charge >= 0.3 is 0 Å². The van der Waals surface area contributed by atoms with Gasteiger partial charge in [-0.15, -0.1) is 0 Å². The first-order valence-electron chi connectivity index (χ1n) is 8.75. The van der Waals surface area contributed by atoms with Crippen molar-refractivity contribution < 1.29 is 9.18 Å². The molecule has 3 nitrogen and oxygen atoms in total. The van der Waals surface area contributed by atoms with Gasteiger partial charge in [0.15, 0.2) is 0 Å². The summed E-state index contributed by atoms with van der Waals surface area (Å²) in [5.74, 6) is -0.228. The zero-order valence-electron chi connectivity index (χ0n) is 15.1. The van der Waals surface area contributed by atoms with Crippen LogP contribution in [0.15, 0.2) is 83.5 Å². The lowest BCUT2D eigenvalue weighted by molar-refractivity contribution is -0.113. The molecule has 0 aliphatic carbocycles. The molecule has 0 unspecified atom stereocenters. The van der Waals surface area contributed by atoms with Gasteiger partial charge in [-0.2, -0.15) is 0 Å². The number of hydrogen-bond donors (Lipinski definition) is 0. The fraction of sp³-hybridized carbons (Fsp3) is 0.0435. The van der Waals surface area contributed by atoms with Gasteiger partial charge in [-0.05, 0) is 61.0 Å². The number of rotatable bonds is 3. The second kappa shape index (κ2) is 7.41. The summed E-state index contributed by atoms with van der Waals surface area (Å²) in [6.45, 7) is 1.96. The molecule has 1 aliphatic heterocycles. The fourth-order valence-corrected chi connectivity index (χ4v) is 3.18. The first-order chi connectivity index (χ1) is 13.5. The van der Waals surface area contributed by atoms with E-state index in [1.807, 2.05) is 43.3 Å². The van der Waals surface area contributed by atoms with E-state index in [1.165, 1.54) is 12.1 Å². The molecule has 0 N–H and O–H groups in total. The van der Waals surface area contributed by atoms with Gasteiger partial charge in [0.1, 0.15) is 17.3 Å². The van der Waals surface area contributed by atoms with Gasteiger partial charge in [0.05, 0.1) is 5.69 Å². The van der Waals surface area contributed by atoms with Crippen molar-refractivity contribution in [2.75, 3.05) is 4.90 Å². The zero-order chi connectivity index (χ0) is 19.7. The molecule has 0 radical (unpaired) electrons. The summed E-state index contributed by atoms with van der Waals surface area (Å²) >= 11 is 6.00. The molecule has 5 heteroatoms. The first kappa shape index (κ1) is 18.1. The lowest BCUT2D eigenvalue weighted by atomic mass is 10.1. The van der Waals surface area contributed by atoms with Gasteiger partial charge in [0, 0.05) is 16.1 Å². The number of nitrogens with zero attached hydrogens (tertiary/aromatic N) is 2. The third kappa shape index (κ3) is 3.47. The Morgan fingerprint density at radius 1 is 1.00 bits per heavy atom. The van der Waals surface area contributed by atoms with Crippen molar-refractivity contribution in [1.82, 2.24) is 0 Å². The molecule has 138 valence electrons. The van der Waals surface area contributed by atoms with Crippen LogP contribution in [0, 0.1) is 12.7 Å². The van der Waals surface area contributed by atoms with Crippen molar-refractivity contribution in [3.05, 3.63) is 106 Å². The first-order valence-corrected chi connectivity index (χ1v) is 9.13. The van der Waals surface area contributed by atoms with Crippen LogP contribution >= 0.6 is 11.6 Å². The van der Waals surface area contributed by atoms with Crippen LogP contribution in [0.1, 0.15) is 16.7 Å². The van der Waals surface area contributed by atoms with Crippen LogP contribution in [0.25, 0.3) is 6.08 Å². The summed E-state index contributed by atoms with van der Waals surface area (Å²) in [6, 6.07) is 21.0. The second-order valence-corrected chi connectivity index (χ2v) is 6.91. The van der Waals surface area contributed by atoms with E-state index in [9.17, 15) is 9.18 Å². The smallest absolute Gasteiger partial charge is 0.266 e. The van der Waals surface area contributed by atoms with E-state index in [-0.39, 0.29) is 11.6 Å². The van der Waals surface area contributed by atoms with Crippen LogP contribution in [0.2, 0.25) is 5.02 Å². The normalized spacial score (nSPS) is 15.2. The van der Waals surface area contributed by atoms with E-state index < -0.39 is 5.82 Å². The van der Waals surface area contributed by atoms with Crippen LogP contribution in [0.3, 0.4) is 0 Å². The van der Waals surface area contributed by atoms with Crippen molar-refractivity contribution >= 4 is 35.1 Å². The number of hydrogen-bond acceptors (Lipinski definition) is 2. The SMILES string of the molecule is Cc1cccc(N2C(=O)/C(=C\c3ccccc3F)N=C2c2ccc(Cl)cc2)c1. The average molecular weight is 391 g/mol. The molecule has 0 spiro atoms. The molecule has 1 amide bonds. The Morgan fingerprint density at radius 2 is 1.75 bits per heavy atom. The summed E-state index contributed by atoms with van der Waals surface area (Å²) < 4.78 is 14.1. The van der Waals surface area contributed by atoms with E-state index in [1.54, 1.807) is 35.2 Å². The van der Waals surface area contributed by atoms with Crippen LogP contribution in [0.4, 0.5) is 10.1 Å². The Morgan fingerprint density at radius 3 is 2.46 bits per heavy atom. The number of amidine groups is 1. The molecule has 0 fully saturated rings. The highest BCUT2D eigenvalue weighted by Gasteiger charge is 2.32. The van der Waals surface area contributed by atoms with E-state index in [0.717, 1.165) is 11.1 Å². The highest BCUT2D eigenvalue weighted by molar-refractivity contribution is 6.34. The van der Waals surface area contributed by atoms with Crippen molar-refractivity contribution in [1.29, 1.82) is 0 Å². The summed E-state index contributed by atoms with van der Waals surface area (Å²) in [5.41, 5.74) is 2.96. The van der Waals surface area contributed by atoms with E-state index in [4.69, 9.17) is 11.6 Å². The number of aryl methyl sites for hydroxylation is 1. The van der Waals surface area contributed by atoms with Gasteiger partial charge < -0.3 is 0 Å². The minimum absolute atomic E-state index is 0.177. The zero-order valence-corrected chi connectivity index (χ0v) is 15.8. The predicted octanol–water partition coefficient (Wildman–Crippen LogP) is 5.62. The molecule has 0 saturated heterocycles. The highest BCUT2D eigenvalue weighted by Crippen LogP contribution is 2.29. The number of aliphatic imine (C=N–C) groups is 1. The predicted molar refractivity (Wildman–Crippen MR) is 111 cm³/mol. The number of amides is 1. The Bertz CT molecular complexity index is 1120. The molecule has 28 heavy (non-hydrogen) atoms. The van der Waals surface area contributed by atoms with Crippen molar-refractivity contribution in [2.45, 2.75) is 6.92 Å². The maximum Gasteiger partial charge on any atom is 0.282 e. The van der Waals surface area contributed by atoms with Gasteiger partial charge in [0.25, 0.3) is 5.91 Å². The molecule has 0 aromatic heterocycles. The largest absolute Gasteiger partial charge is 0.282 e. The highest BCUT2D eigenvalue weighted by atomic mass is 35.5. The number of halogens is 2. The summed E-state index contributed by atoms with van der Waals surface area (Å²) in [5, 5.41) is 0.595. The lowest BCUT2D eigenvalue weighted by Gasteiger charge is -2.19. The fourth-order valence-electron chi connectivity index (χ4n) is 3.06. The number of carbonyl (C=O) groups is 1. The quantitative estimate of drug-likeness (QED) is 0.534. The molecular formula is C23H16ClFN2O. The van der Waals surface area contributed by atoms with Crippen LogP contribution in [0.5, 0.6) is 0 Å². The second-order valence-electron chi connectivity index (χ2n) is 6.47. The summed E-state index contributed by atoms with van der Waals surface area (Å²) in [6.07, 6.45) is 1.48. The molecule has 0 atom stereocenters. The van der Waals surface area contributed by atoms with E-state index in [0.29, 0.717) is 22.1 Å². The number of carbonyl (C=O) groups excluding carboxylic acids is 1. The van der Waals surface area contributed by atoms with Gasteiger partial charge in [-0.3, -0.25) is 9.69 Å². The monoisotopic (exact) mass is 390 g/mol. The van der Waals surface area contributed by atoms with Crippen molar-refractivity contribution in [3.63, 3.8) is 0 Å². The van der Waals surface area contributed by atoms with Crippen LogP contribution in [-0.2, 0) is 4.79 Å². The maximum absolute atomic E-state index is 14.1. The molecule has 0 bridgehead atoms.